The Morgan fingerprint density at radius 1 is 1.50 bits per heavy atom. The molecule has 0 aliphatic carbocycles. The van der Waals surface area contributed by atoms with Crippen molar-refractivity contribution in [2.75, 3.05) is 0 Å². The van der Waals surface area contributed by atoms with Crippen LogP contribution < -0.4 is 0 Å². The molecule has 2 heterocycles. The Morgan fingerprint density at radius 3 is 2.75 bits per heavy atom. The highest BCUT2D eigenvalue weighted by Crippen LogP contribution is 2.20. The van der Waals surface area contributed by atoms with E-state index >= 15 is 0 Å². The van der Waals surface area contributed by atoms with E-state index in [0.29, 0.717) is 11.7 Å². The molecule has 2 aromatic heterocycles. The maximum Gasteiger partial charge on any atom is 0.131 e. The minimum Gasteiger partial charge on any atom is -0.392 e. The monoisotopic (exact) mass is 239 g/mol. The number of rotatable bonds is 3. The number of aliphatic hydroxyl groups is 1. The van der Waals surface area contributed by atoms with Gasteiger partial charge in [-0.25, -0.2) is 0 Å². The first-order valence-corrected chi connectivity index (χ1v) is 5.43. The van der Waals surface area contributed by atoms with E-state index in [1.807, 2.05) is 37.0 Å². The number of halogens is 1. The minimum absolute atomic E-state index is 0.0623. The van der Waals surface area contributed by atoms with Crippen molar-refractivity contribution in [3.8, 4) is 0 Å². The van der Waals surface area contributed by atoms with Crippen LogP contribution in [0.15, 0.2) is 18.5 Å². The van der Waals surface area contributed by atoms with Gasteiger partial charge in [-0.15, -0.1) is 0 Å². The Morgan fingerprint density at radius 2 is 2.25 bits per heavy atom. The predicted octanol–water partition coefficient (Wildman–Crippen LogP) is 1.72. The summed E-state index contributed by atoms with van der Waals surface area (Å²) in [7, 11) is 1.83. The predicted molar refractivity (Wildman–Crippen MR) is 62.4 cm³/mol. The zero-order valence-electron chi connectivity index (χ0n) is 9.31. The second-order valence-electron chi connectivity index (χ2n) is 3.83. The topological polar surface area (TPSA) is 43.0 Å². The van der Waals surface area contributed by atoms with Crippen LogP contribution in [0, 0.1) is 6.92 Å². The molecule has 0 atom stereocenters. The molecule has 1 N–H and O–H groups in total. The first-order chi connectivity index (χ1) is 7.61. The fraction of sp³-hybridized carbons (Fsp3) is 0.364. The largest absolute Gasteiger partial charge is 0.392 e. The molecule has 0 amide bonds. The molecule has 0 aliphatic heterocycles. The van der Waals surface area contributed by atoms with Crippen LogP contribution in [0.5, 0.6) is 0 Å². The van der Waals surface area contributed by atoms with Crippen molar-refractivity contribution in [2.24, 2.45) is 7.05 Å². The van der Waals surface area contributed by atoms with Gasteiger partial charge in [-0.1, -0.05) is 11.6 Å². The standard InChI is InChI=1S/C11H14ClN3O/c1-8-10(11(12)14(2)13-8)6-15-4-3-9(5-15)7-16/h3-5,16H,6-7H2,1-2H3. The van der Waals surface area contributed by atoms with Crippen molar-refractivity contribution in [3.05, 3.63) is 40.4 Å². The molecule has 4 nitrogen and oxygen atoms in total. The minimum atomic E-state index is 0.0623. The van der Waals surface area contributed by atoms with Gasteiger partial charge in [0.05, 0.1) is 18.8 Å². The summed E-state index contributed by atoms with van der Waals surface area (Å²) >= 11 is 6.14. The molecule has 0 radical (unpaired) electrons. The number of nitrogens with zero attached hydrogens (tertiary/aromatic N) is 3. The van der Waals surface area contributed by atoms with Crippen LogP contribution in [0.1, 0.15) is 16.8 Å². The Labute approximate surface area is 99.1 Å². The highest BCUT2D eigenvalue weighted by Gasteiger charge is 2.11. The molecule has 86 valence electrons. The van der Waals surface area contributed by atoms with E-state index in [1.54, 1.807) is 4.68 Å². The van der Waals surface area contributed by atoms with E-state index < -0.39 is 0 Å². The SMILES string of the molecule is Cc1nn(C)c(Cl)c1Cn1ccc(CO)c1. The van der Waals surface area contributed by atoms with E-state index in [-0.39, 0.29) is 6.61 Å². The fourth-order valence-corrected chi connectivity index (χ4v) is 1.95. The fourth-order valence-electron chi connectivity index (χ4n) is 1.72. The number of hydrogen-bond donors (Lipinski definition) is 1. The third-order valence-corrected chi connectivity index (χ3v) is 3.08. The van der Waals surface area contributed by atoms with E-state index in [1.165, 1.54) is 0 Å². The molecular formula is C11H14ClN3O. The summed E-state index contributed by atoms with van der Waals surface area (Å²) in [5, 5.41) is 13.9. The maximum absolute atomic E-state index is 8.97. The number of hydrogen-bond acceptors (Lipinski definition) is 2. The van der Waals surface area contributed by atoms with Gasteiger partial charge in [0.15, 0.2) is 0 Å². The lowest BCUT2D eigenvalue weighted by Crippen LogP contribution is -1.98. The smallest absolute Gasteiger partial charge is 0.131 e. The first-order valence-electron chi connectivity index (χ1n) is 5.05. The van der Waals surface area contributed by atoms with Gasteiger partial charge < -0.3 is 9.67 Å². The summed E-state index contributed by atoms with van der Waals surface area (Å²) in [5.74, 6) is 0. The van der Waals surface area contributed by atoms with Crippen LogP contribution in [0.3, 0.4) is 0 Å². The zero-order valence-corrected chi connectivity index (χ0v) is 10.1. The van der Waals surface area contributed by atoms with Crippen LogP contribution in [-0.2, 0) is 20.2 Å². The number of aromatic nitrogens is 3. The third-order valence-electron chi connectivity index (χ3n) is 2.60. The van der Waals surface area contributed by atoms with Crippen LogP contribution in [0.2, 0.25) is 5.15 Å². The van der Waals surface area contributed by atoms with E-state index in [4.69, 9.17) is 16.7 Å². The molecule has 0 fully saturated rings. The summed E-state index contributed by atoms with van der Waals surface area (Å²) in [6.07, 6.45) is 3.83. The lowest BCUT2D eigenvalue weighted by atomic mass is 10.2. The molecule has 0 saturated heterocycles. The lowest BCUT2D eigenvalue weighted by Gasteiger charge is -2.02. The van der Waals surface area contributed by atoms with E-state index in [0.717, 1.165) is 16.8 Å². The molecule has 0 aliphatic rings. The van der Waals surface area contributed by atoms with Gasteiger partial charge in [0, 0.05) is 25.0 Å². The summed E-state index contributed by atoms with van der Waals surface area (Å²) in [6, 6.07) is 1.89. The maximum atomic E-state index is 8.97. The van der Waals surface area contributed by atoms with Crippen molar-refractivity contribution in [3.63, 3.8) is 0 Å². The highest BCUT2D eigenvalue weighted by molar-refractivity contribution is 6.30. The Bertz CT molecular complexity index is 501. The molecule has 0 aromatic carbocycles. The summed E-state index contributed by atoms with van der Waals surface area (Å²) in [6.45, 7) is 2.68. The van der Waals surface area contributed by atoms with Gasteiger partial charge in [0.25, 0.3) is 0 Å². The second-order valence-corrected chi connectivity index (χ2v) is 4.19. The van der Waals surface area contributed by atoms with Crippen molar-refractivity contribution in [1.29, 1.82) is 0 Å². The van der Waals surface area contributed by atoms with E-state index in [9.17, 15) is 0 Å². The molecule has 0 spiro atoms. The summed E-state index contributed by atoms with van der Waals surface area (Å²) in [4.78, 5) is 0. The first kappa shape index (κ1) is 11.2. The van der Waals surface area contributed by atoms with Crippen molar-refractivity contribution in [1.82, 2.24) is 14.3 Å². The Kier molecular flexibility index (Phi) is 3.03. The zero-order chi connectivity index (χ0) is 11.7. The van der Waals surface area contributed by atoms with Gasteiger partial charge in [-0.05, 0) is 18.6 Å². The quantitative estimate of drug-likeness (QED) is 0.887. The molecule has 2 aromatic rings. The highest BCUT2D eigenvalue weighted by atomic mass is 35.5. The average molecular weight is 240 g/mol. The molecule has 5 heteroatoms. The lowest BCUT2D eigenvalue weighted by molar-refractivity contribution is 0.282. The number of aryl methyl sites for hydroxylation is 2. The molecule has 16 heavy (non-hydrogen) atoms. The molecule has 0 bridgehead atoms. The van der Waals surface area contributed by atoms with Gasteiger partial charge in [0.1, 0.15) is 5.15 Å². The molecular weight excluding hydrogens is 226 g/mol. The normalized spacial score (nSPS) is 11.0. The second kappa shape index (κ2) is 4.31. The van der Waals surface area contributed by atoms with Crippen molar-refractivity contribution >= 4 is 11.6 Å². The average Bonchev–Trinajstić information content (AvgIpc) is 2.80. The van der Waals surface area contributed by atoms with Gasteiger partial charge >= 0.3 is 0 Å². The van der Waals surface area contributed by atoms with Gasteiger partial charge in [-0.3, -0.25) is 4.68 Å². The summed E-state index contributed by atoms with van der Waals surface area (Å²) < 4.78 is 3.66. The summed E-state index contributed by atoms with van der Waals surface area (Å²) in [5.41, 5.74) is 2.86. The van der Waals surface area contributed by atoms with Gasteiger partial charge in [-0.2, -0.15) is 5.10 Å². The van der Waals surface area contributed by atoms with Crippen molar-refractivity contribution < 1.29 is 5.11 Å². The van der Waals surface area contributed by atoms with Crippen LogP contribution in [0.25, 0.3) is 0 Å². The Balaban J connectivity index is 2.26. The van der Waals surface area contributed by atoms with Crippen LogP contribution in [-0.4, -0.2) is 19.5 Å². The molecule has 0 saturated carbocycles. The van der Waals surface area contributed by atoms with Crippen molar-refractivity contribution in [2.45, 2.75) is 20.1 Å². The third kappa shape index (κ3) is 1.99. The Hall–Kier alpha value is -1.26. The van der Waals surface area contributed by atoms with Gasteiger partial charge in [0.2, 0.25) is 0 Å². The van der Waals surface area contributed by atoms with Crippen LogP contribution >= 0.6 is 11.6 Å². The molecule has 0 unspecified atom stereocenters. The van der Waals surface area contributed by atoms with Crippen LogP contribution in [0.4, 0.5) is 0 Å². The van der Waals surface area contributed by atoms with E-state index in [2.05, 4.69) is 5.10 Å². The molecule has 2 rings (SSSR count). The number of aliphatic hydroxyl groups excluding tert-OH is 1.